The molecule has 1 aromatic heterocycles. The number of halogens is 1. The van der Waals surface area contributed by atoms with E-state index >= 15 is 0 Å². The van der Waals surface area contributed by atoms with Crippen LogP contribution in [-0.4, -0.2) is 15.5 Å². The fraction of sp³-hybridized carbons (Fsp3) is 0.176. The molecule has 0 aliphatic heterocycles. The smallest absolute Gasteiger partial charge is 0.248 e. The second kappa shape index (κ2) is 7.25. The van der Waals surface area contributed by atoms with Crippen LogP contribution in [0.15, 0.2) is 47.4 Å². The number of nitrogens with one attached hydrogen (secondary N) is 1. The molecule has 0 aliphatic carbocycles. The number of benzene rings is 2. The molecule has 0 unspecified atom stereocenters. The average Bonchev–Trinajstić information content (AvgIpc) is 2.93. The average molecular weight is 361 g/mol. The molecule has 0 bridgehead atoms. The number of amides is 1. The third kappa shape index (κ3) is 3.56. The highest BCUT2D eigenvalue weighted by Crippen LogP contribution is 2.21. The number of carbonyl (C=O) groups is 1. The Hall–Kier alpha value is -2.02. The zero-order chi connectivity index (χ0) is 17.1. The molecule has 3 aromatic rings. The van der Waals surface area contributed by atoms with Crippen LogP contribution < -0.4 is 10.5 Å². The lowest BCUT2D eigenvalue weighted by atomic mass is 10.2. The molecule has 0 saturated carbocycles. The second-order valence-electron chi connectivity index (χ2n) is 5.22. The summed E-state index contributed by atoms with van der Waals surface area (Å²) in [6.07, 6.45) is 0. The van der Waals surface area contributed by atoms with Crippen LogP contribution in [0.4, 0.5) is 0 Å². The van der Waals surface area contributed by atoms with Crippen molar-refractivity contribution in [3.8, 4) is 0 Å². The Morgan fingerprint density at radius 2 is 2.04 bits per heavy atom. The number of hydrogen-bond acceptors (Lipinski definition) is 4. The third-order valence-corrected chi connectivity index (χ3v) is 4.71. The summed E-state index contributed by atoms with van der Waals surface area (Å²) >= 11 is 7.41. The van der Waals surface area contributed by atoms with E-state index in [1.54, 1.807) is 12.1 Å². The molecule has 2 aromatic carbocycles. The predicted molar refractivity (Wildman–Crippen MR) is 98.1 cm³/mol. The Labute approximate surface area is 149 Å². The Morgan fingerprint density at radius 1 is 1.29 bits per heavy atom. The van der Waals surface area contributed by atoms with Crippen molar-refractivity contribution in [2.45, 2.75) is 24.9 Å². The van der Waals surface area contributed by atoms with Gasteiger partial charge in [0.05, 0.1) is 17.6 Å². The first kappa shape index (κ1) is 16.8. The second-order valence-corrected chi connectivity index (χ2v) is 6.62. The summed E-state index contributed by atoms with van der Waals surface area (Å²) in [6.45, 7) is 3.41. The molecule has 0 aliphatic rings. The minimum atomic E-state index is -0.432. The number of aryl methyl sites for hydroxylation is 1. The van der Waals surface area contributed by atoms with E-state index in [-0.39, 0.29) is 0 Å². The standard InChI is InChI=1S/C17H17ClN4OS/c1-2-22-15-9-11(17(19)23)3-8-14(15)21-16(22)10-20-24-13-6-4-12(18)5-7-13/h3-9,20H,2,10H2,1H3,(H2,19,23). The van der Waals surface area contributed by atoms with Gasteiger partial charge in [0.15, 0.2) is 0 Å². The van der Waals surface area contributed by atoms with Crippen molar-refractivity contribution in [1.82, 2.24) is 14.3 Å². The van der Waals surface area contributed by atoms with Gasteiger partial charge in [-0.2, -0.15) is 0 Å². The Balaban J connectivity index is 1.78. The first-order valence-corrected chi connectivity index (χ1v) is 8.72. The van der Waals surface area contributed by atoms with Crippen LogP contribution in [0.5, 0.6) is 0 Å². The number of fused-ring (bicyclic) bond motifs is 1. The normalized spacial score (nSPS) is 11.1. The van der Waals surface area contributed by atoms with Gasteiger partial charge in [0, 0.05) is 22.0 Å². The van der Waals surface area contributed by atoms with Gasteiger partial charge in [-0.25, -0.2) is 4.98 Å². The van der Waals surface area contributed by atoms with Gasteiger partial charge in [-0.1, -0.05) is 11.6 Å². The highest BCUT2D eigenvalue weighted by Gasteiger charge is 2.11. The van der Waals surface area contributed by atoms with Crippen LogP contribution in [0.3, 0.4) is 0 Å². The van der Waals surface area contributed by atoms with Gasteiger partial charge >= 0.3 is 0 Å². The molecule has 0 saturated heterocycles. The van der Waals surface area contributed by atoms with E-state index in [4.69, 9.17) is 17.3 Å². The maximum Gasteiger partial charge on any atom is 0.248 e. The Bertz CT molecular complexity index is 876. The molecule has 5 nitrogen and oxygen atoms in total. The molecule has 3 rings (SSSR count). The summed E-state index contributed by atoms with van der Waals surface area (Å²) in [6, 6.07) is 13.0. The van der Waals surface area contributed by atoms with Gasteiger partial charge in [-0.3, -0.25) is 9.52 Å². The largest absolute Gasteiger partial charge is 0.366 e. The maximum absolute atomic E-state index is 11.4. The minimum Gasteiger partial charge on any atom is -0.366 e. The lowest BCUT2D eigenvalue weighted by molar-refractivity contribution is 0.100. The summed E-state index contributed by atoms with van der Waals surface area (Å²) < 4.78 is 5.39. The van der Waals surface area contributed by atoms with E-state index in [0.717, 1.165) is 33.3 Å². The van der Waals surface area contributed by atoms with Crippen molar-refractivity contribution in [3.05, 3.63) is 58.9 Å². The molecular weight excluding hydrogens is 344 g/mol. The zero-order valence-corrected chi connectivity index (χ0v) is 14.7. The third-order valence-electron chi connectivity index (χ3n) is 3.66. The van der Waals surface area contributed by atoms with E-state index in [2.05, 4.69) is 14.3 Å². The summed E-state index contributed by atoms with van der Waals surface area (Å²) in [7, 11) is 0. The van der Waals surface area contributed by atoms with E-state index in [0.29, 0.717) is 12.1 Å². The number of hydrogen-bond donors (Lipinski definition) is 2. The monoisotopic (exact) mass is 360 g/mol. The zero-order valence-electron chi connectivity index (χ0n) is 13.1. The molecule has 1 heterocycles. The van der Waals surface area contributed by atoms with Crippen molar-refractivity contribution in [2.24, 2.45) is 5.73 Å². The molecule has 1 amide bonds. The first-order valence-electron chi connectivity index (χ1n) is 7.52. The quantitative estimate of drug-likeness (QED) is 0.659. The molecule has 0 fully saturated rings. The molecule has 3 N–H and O–H groups in total. The van der Waals surface area contributed by atoms with Gasteiger partial charge in [0.1, 0.15) is 5.82 Å². The lowest BCUT2D eigenvalue weighted by Gasteiger charge is -2.07. The molecule has 7 heteroatoms. The number of nitrogens with two attached hydrogens (primary N) is 1. The lowest BCUT2D eigenvalue weighted by Crippen LogP contribution is -2.12. The van der Waals surface area contributed by atoms with Crippen LogP contribution in [0, 0.1) is 0 Å². The fourth-order valence-corrected chi connectivity index (χ4v) is 3.27. The van der Waals surface area contributed by atoms with Gasteiger partial charge in [-0.15, -0.1) is 0 Å². The number of carbonyl (C=O) groups excluding carboxylic acids is 1. The number of nitrogens with zero attached hydrogens (tertiary/aromatic N) is 2. The Kier molecular flexibility index (Phi) is 5.08. The van der Waals surface area contributed by atoms with E-state index < -0.39 is 5.91 Å². The van der Waals surface area contributed by atoms with Crippen molar-refractivity contribution < 1.29 is 4.79 Å². The molecule has 0 atom stereocenters. The van der Waals surface area contributed by atoms with Crippen molar-refractivity contribution >= 4 is 40.5 Å². The molecule has 0 spiro atoms. The summed E-state index contributed by atoms with van der Waals surface area (Å²) in [5.74, 6) is 0.481. The number of aromatic nitrogens is 2. The van der Waals surface area contributed by atoms with Crippen LogP contribution in [0.25, 0.3) is 11.0 Å². The van der Waals surface area contributed by atoms with E-state index in [1.165, 1.54) is 11.9 Å². The summed E-state index contributed by atoms with van der Waals surface area (Å²) in [5, 5.41) is 0.720. The summed E-state index contributed by atoms with van der Waals surface area (Å²) in [5.41, 5.74) is 7.63. The Morgan fingerprint density at radius 3 is 2.71 bits per heavy atom. The van der Waals surface area contributed by atoms with Crippen LogP contribution in [0.2, 0.25) is 5.02 Å². The van der Waals surface area contributed by atoms with Crippen molar-refractivity contribution in [3.63, 3.8) is 0 Å². The minimum absolute atomic E-state index is 0.432. The molecular formula is C17H17ClN4OS. The van der Waals surface area contributed by atoms with Crippen LogP contribution in [-0.2, 0) is 13.1 Å². The fourth-order valence-electron chi connectivity index (χ4n) is 2.50. The highest BCUT2D eigenvalue weighted by atomic mass is 35.5. The molecule has 24 heavy (non-hydrogen) atoms. The highest BCUT2D eigenvalue weighted by molar-refractivity contribution is 7.97. The van der Waals surface area contributed by atoms with Crippen LogP contribution in [0.1, 0.15) is 23.1 Å². The van der Waals surface area contributed by atoms with Gasteiger partial charge < -0.3 is 10.3 Å². The topological polar surface area (TPSA) is 72.9 Å². The van der Waals surface area contributed by atoms with Crippen LogP contribution >= 0.6 is 23.5 Å². The maximum atomic E-state index is 11.4. The SMILES string of the molecule is CCn1c(CNSc2ccc(Cl)cc2)nc2ccc(C(N)=O)cc21. The van der Waals surface area contributed by atoms with Crippen molar-refractivity contribution in [2.75, 3.05) is 0 Å². The number of primary amides is 1. The first-order chi connectivity index (χ1) is 11.6. The predicted octanol–water partition coefficient (Wildman–Crippen LogP) is 3.61. The molecule has 124 valence electrons. The van der Waals surface area contributed by atoms with Gasteiger partial charge in [-0.05, 0) is 61.3 Å². The van der Waals surface area contributed by atoms with Gasteiger partial charge in [0.25, 0.3) is 0 Å². The summed E-state index contributed by atoms with van der Waals surface area (Å²) in [4.78, 5) is 17.1. The van der Waals surface area contributed by atoms with E-state index in [9.17, 15) is 4.79 Å². The number of imidazole rings is 1. The van der Waals surface area contributed by atoms with Crippen molar-refractivity contribution in [1.29, 1.82) is 0 Å². The molecule has 0 radical (unpaired) electrons. The number of rotatable bonds is 6. The van der Waals surface area contributed by atoms with E-state index in [1.807, 2.05) is 37.3 Å². The van der Waals surface area contributed by atoms with Gasteiger partial charge in [0.2, 0.25) is 5.91 Å².